The van der Waals surface area contributed by atoms with Gasteiger partial charge in [0.25, 0.3) is 0 Å². The molecule has 0 bridgehead atoms. The van der Waals surface area contributed by atoms with E-state index in [0.29, 0.717) is 0 Å². The number of benzene rings is 1. The third-order valence-electron chi connectivity index (χ3n) is 3.46. The highest BCUT2D eigenvalue weighted by atomic mass is 19.4. The summed E-state index contributed by atoms with van der Waals surface area (Å²) in [6.07, 6.45) is -1.87. The smallest absolute Gasteiger partial charge is 0.417 e. The Morgan fingerprint density at radius 1 is 1.11 bits per heavy atom. The molecule has 0 spiro atoms. The van der Waals surface area contributed by atoms with E-state index in [2.05, 4.69) is 19.9 Å². The van der Waals surface area contributed by atoms with Crippen molar-refractivity contribution < 1.29 is 28.3 Å². The molecule has 1 aromatic carbocycles. The molecule has 0 amide bonds. The Bertz CT molecular complexity index is 1040. The van der Waals surface area contributed by atoms with E-state index in [9.17, 15) is 33.5 Å². The molecule has 0 aliphatic heterocycles. The summed E-state index contributed by atoms with van der Waals surface area (Å²) in [4.78, 5) is 25.0. The molecule has 3 rings (SSSR count). The number of hydrogen-bond acceptors (Lipinski definition) is 8. The maximum absolute atomic E-state index is 13.2. The summed E-state index contributed by atoms with van der Waals surface area (Å²) < 4.78 is 39.5. The van der Waals surface area contributed by atoms with Crippen molar-refractivity contribution in [2.75, 3.05) is 0 Å². The number of nitrogens with zero attached hydrogens (tertiary/aromatic N) is 5. The Kier molecular flexibility index (Phi) is 4.31. The lowest BCUT2D eigenvalue weighted by molar-refractivity contribution is -0.385. The van der Waals surface area contributed by atoms with Crippen molar-refractivity contribution in [3.63, 3.8) is 0 Å². The van der Waals surface area contributed by atoms with Gasteiger partial charge < -0.3 is 10.2 Å². The van der Waals surface area contributed by atoms with Crippen LogP contribution in [0, 0.1) is 10.1 Å². The Morgan fingerprint density at radius 3 is 2.48 bits per heavy atom. The molecule has 9 nitrogen and oxygen atoms in total. The Morgan fingerprint density at radius 2 is 1.81 bits per heavy atom. The summed E-state index contributed by atoms with van der Waals surface area (Å²) in [7, 11) is 0. The number of phenolic OH excluding ortho intramolecular Hbond substituents is 2. The van der Waals surface area contributed by atoms with Crippen molar-refractivity contribution in [2.45, 2.75) is 6.18 Å². The predicted molar refractivity (Wildman–Crippen MR) is 83.5 cm³/mol. The standard InChI is InChI=1S/C15H8F3N5O4/c16-15(17,18)9-1-2-19-5-8(9)14-21-6-20-13(22-14)7-3-10(23(26)27)12(25)11(24)4-7/h1-6,24-25H. The Labute approximate surface area is 148 Å². The van der Waals surface area contributed by atoms with Crippen LogP contribution in [-0.2, 0) is 6.18 Å². The number of nitro benzene ring substituents is 1. The van der Waals surface area contributed by atoms with Crippen molar-refractivity contribution in [3.05, 3.63) is 52.6 Å². The number of rotatable bonds is 3. The second kappa shape index (κ2) is 6.48. The van der Waals surface area contributed by atoms with Gasteiger partial charge in [-0.3, -0.25) is 15.1 Å². The van der Waals surface area contributed by atoms with E-state index < -0.39 is 39.4 Å². The van der Waals surface area contributed by atoms with Gasteiger partial charge in [0.2, 0.25) is 5.75 Å². The third-order valence-corrected chi connectivity index (χ3v) is 3.46. The highest BCUT2D eigenvalue weighted by molar-refractivity contribution is 5.69. The molecule has 2 N–H and O–H groups in total. The number of aromatic nitrogens is 4. The average molecular weight is 379 g/mol. The summed E-state index contributed by atoms with van der Waals surface area (Å²) in [6.45, 7) is 0. The molecule has 0 unspecified atom stereocenters. The van der Waals surface area contributed by atoms with Crippen LogP contribution in [0.3, 0.4) is 0 Å². The molecular formula is C15H8F3N5O4. The fourth-order valence-electron chi connectivity index (χ4n) is 2.26. The lowest BCUT2D eigenvalue weighted by Gasteiger charge is -2.11. The van der Waals surface area contributed by atoms with Crippen LogP contribution < -0.4 is 0 Å². The Hall–Kier alpha value is -3.83. The van der Waals surface area contributed by atoms with E-state index in [1.54, 1.807) is 0 Å². The lowest BCUT2D eigenvalue weighted by atomic mass is 10.1. The fourth-order valence-corrected chi connectivity index (χ4v) is 2.26. The molecule has 0 aliphatic carbocycles. The average Bonchev–Trinajstić information content (AvgIpc) is 2.63. The van der Waals surface area contributed by atoms with Gasteiger partial charge in [-0.1, -0.05) is 0 Å². The molecule has 3 aromatic rings. The van der Waals surface area contributed by atoms with Crippen LogP contribution in [0.1, 0.15) is 5.56 Å². The highest BCUT2D eigenvalue weighted by Gasteiger charge is 2.34. The van der Waals surface area contributed by atoms with Gasteiger partial charge in [0.05, 0.1) is 10.5 Å². The van der Waals surface area contributed by atoms with Gasteiger partial charge in [-0.15, -0.1) is 0 Å². The number of phenols is 2. The molecule has 0 saturated heterocycles. The minimum atomic E-state index is -4.68. The summed E-state index contributed by atoms with van der Waals surface area (Å²) >= 11 is 0. The number of hydrogen-bond donors (Lipinski definition) is 2. The first-order valence-electron chi connectivity index (χ1n) is 7.10. The number of pyridine rings is 1. The zero-order valence-corrected chi connectivity index (χ0v) is 13.0. The van der Waals surface area contributed by atoms with Gasteiger partial charge in [-0.05, 0) is 12.1 Å². The SMILES string of the molecule is O=[N+]([O-])c1cc(-c2ncnc(-c3cnccc3C(F)(F)F)n2)cc(O)c1O. The van der Waals surface area contributed by atoms with Crippen molar-refractivity contribution in [1.82, 2.24) is 19.9 Å². The van der Waals surface area contributed by atoms with Gasteiger partial charge >= 0.3 is 11.9 Å². The van der Waals surface area contributed by atoms with Crippen LogP contribution in [0.25, 0.3) is 22.8 Å². The zero-order valence-electron chi connectivity index (χ0n) is 13.0. The van der Waals surface area contributed by atoms with Gasteiger partial charge in [0, 0.05) is 29.6 Å². The van der Waals surface area contributed by atoms with E-state index in [0.717, 1.165) is 36.9 Å². The first kappa shape index (κ1) is 18.0. The summed E-state index contributed by atoms with van der Waals surface area (Å²) in [6, 6.07) is 2.58. The predicted octanol–water partition coefficient (Wildman–Crippen LogP) is 2.94. The molecule has 2 aromatic heterocycles. The van der Waals surface area contributed by atoms with Crippen LogP contribution in [0.5, 0.6) is 11.5 Å². The number of aromatic hydroxyl groups is 2. The zero-order chi connectivity index (χ0) is 19.8. The maximum atomic E-state index is 13.2. The van der Waals surface area contributed by atoms with E-state index in [-0.39, 0.29) is 17.2 Å². The van der Waals surface area contributed by atoms with E-state index in [4.69, 9.17) is 0 Å². The molecule has 0 radical (unpaired) electrons. The largest absolute Gasteiger partial charge is 0.504 e. The summed E-state index contributed by atoms with van der Waals surface area (Å²) in [5.74, 6) is -2.37. The van der Waals surface area contributed by atoms with Crippen LogP contribution in [0.2, 0.25) is 0 Å². The minimum Gasteiger partial charge on any atom is -0.504 e. The molecular weight excluding hydrogens is 371 g/mol. The van der Waals surface area contributed by atoms with Crippen molar-refractivity contribution in [2.24, 2.45) is 0 Å². The maximum Gasteiger partial charge on any atom is 0.417 e. The monoisotopic (exact) mass is 379 g/mol. The molecule has 12 heteroatoms. The van der Waals surface area contributed by atoms with Gasteiger partial charge in [-0.2, -0.15) is 13.2 Å². The second-order valence-electron chi connectivity index (χ2n) is 5.17. The molecule has 138 valence electrons. The minimum absolute atomic E-state index is 0.0990. The van der Waals surface area contributed by atoms with Crippen LogP contribution in [0.15, 0.2) is 36.9 Å². The normalized spacial score (nSPS) is 11.4. The van der Waals surface area contributed by atoms with Gasteiger partial charge in [0.1, 0.15) is 6.33 Å². The molecule has 0 atom stereocenters. The fraction of sp³-hybridized carbons (Fsp3) is 0.0667. The first-order valence-corrected chi connectivity index (χ1v) is 7.10. The number of nitro groups is 1. The van der Waals surface area contributed by atoms with Crippen molar-refractivity contribution >= 4 is 5.69 Å². The van der Waals surface area contributed by atoms with Gasteiger partial charge in [0.15, 0.2) is 17.4 Å². The topological polar surface area (TPSA) is 135 Å². The molecule has 0 fully saturated rings. The molecule has 0 saturated carbocycles. The van der Waals surface area contributed by atoms with Crippen LogP contribution in [0.4, 0.5) is 18.9 Å². The molecule has 0 aliphatic rings. The lowest BCUT2D eigenvalue weighted by Crippen LogP contribution is -2.09. The van der Waals surface area contributed by atoms with Crippen molar-refractivity contribution in [1.29, 1.82) is 0 Å². The van der Waals surface area contributed by atoms with Crippen molar-refractivity contribution in [3.8, 4) is 34.3 Å². The third kappa shape index (κ3) is 3.44. The second-order valence-corrected chi connectivity index (χ2v) is 5.17. The van der Waals surface area contributed by atoms with E-state index >= 15 is 0 Å². The van der Waals surface area contributed by atoms with E-state index in [1.165, 1.54) is 0 Å². The van der Waals surface area contributed by atoms with Gasteiger partial charge in [-0.25, -0.2) is 15.0 Å². The number of halogens is 3. The Balaban J connectivity index is 2.15. The van der Waals surface area contributed by atoms with E-state index in [1.807, 2.05) is 0 Å². The quantitative estimate of drug-likeness (QED) is 0.403. The first-order chi connectivity index (χ1) is 12.7. The summed E-state index contributed by atoms with van der Waals surface area (Å²) in [5, 5.41) is 30.1. The van der Waals surface area contributed by atoms with Crippen LogP contribution in [-0.4, -0.2) is 35.1 Å². The number of alkyl halides is 3. The molecule has 27 heavy (non-hydrogen) atoms. The summed E-state index contributed by atoms with van der Waals surface area (Å²) in [5.41, 5.74) is -2.34. The highest BCUT2D eigenvalue weighted by Crippen LogP contribution is 2.39. The van der Waals surface area contributed by atoms with Crippen LogP contribution >= 0.6 is 0 Å². The molecule has 2 heterocycles.